The summed E-state index contributed by atoms with van der Waals surface area (Å²) in [6.45, 7) is 5.58. The summed E-state index contributed by atoms with van der Waals surface area (Å²) in [7, 11) is 0. The molecular weight excluding hydrogens is 348 g/mol. The van der Waals surface area contributed by atoms with Crippen molar-refractivity contribution in [2.24, 2.45) is 5.92 Å². The number of aliphatic hydroxyl groups excluding tert-OH is 1. The van der Waals surface area contributed by atoms with Gasteiger partial charge in [0.25, 0.3) is 0 Å². The molecule has 3 rings (SSSR count). The largest absolute Gasteiger partial charge is 0.395 e. The molecule has 0 aliphatic heterocycles. The van der Waals surface area contributed by atoms with Gasteiger partial charge in [-0.3, -0.25) is 19.9 Å². The summed E-state index contributed by atoms with van der Waals surface area (Å²) in [5.41, 5.74) is 3.91. The first kappa shape index (κ1) is 20.1. The second-order valence-corrected chi connectivity index (χ2v) is 7.32. The monoisotopic (exact) mass is 376 g/mol. The summed E-state index contributed by atoms with van der Waals surface area (Å²) in [4.78, 5) is 16.2. The number of hydrogen-bond donors (Lipinski definition) is 1. The van der Waals surface area contributed by atoms with Crippen LogP contribution in [0.5, 0.6) is 0 Å². The molecule has 3 aromatic rings. The van der Waals surface area contributed by atoms with E-state index in [2.05, 4.69) is 40.8 Å². The van der Waals surface area contributed by atoms with Gasteiger partial charge in [0.2, 0.25) is 0 Å². The Morgan fingerprint density at radius 2 is 1.50 bits per heavy atom. The zero-order valence-corrected chi connectivity index (χ0v) is 16.6. The first-order chi connectivity index (χ1) is 13.7. The van der Waals surface area contributed by atoms with Crippen LogP contribution in [0, 0.1) is 5.92 Å². The van der Waals surface area contributed by atoms with Crippen molar-refractivity contribution >= 4 is 0 Å². The van der Waals surface area contributed by atoms with E-state index in [1.807, 2.05) is 42.5 Å². The Morgan fingerprint density at radius 3 is 2.04 bits per heavy atom. The molecule has 5 nitrogen and oxygen atoms in total. The van der Waals surface area contributed by atoms with Gasteiger partial charge in [-0.25, -0.2) is 0 Å². The van der Waals surface area contributed by atoms with Crippen molar-refractivity contribution in [1.29, 1.82) is 0 Å². The van der Waals surface area contributed by atoms with Crippen LogP contribution in [-0.4, -0.2) is 38.1 Å². The second kappa shape index (κ2) is 10.1. The highest BCUT2D eigenvalue weighted by atomic mass is 16.3. The van der Waals surface area contributed by atoms with E-state index in [-0.39, 0.29) is 12.6 Å². The van der Waals surface area contributed by atoms with Crippen molar-refractivity contribution in [2.75, 3.05) is 13.2 Å². The van der Waals surface area contributed by atoms with E-state index in [1.165, 1.54) is 0 Å². The van der Waals surface area contributed by atoms with Crippen LogP contribution in [0.15, 0.2) is 67.0 Å². The Kier molecular flexibility index (Phi) is 7.23. The molecule has 0 amide bonds. The van der Waals surface area contributed by atoms with E-state index in [0.29, 0.717) is 19.0 Å². The molecule has 0 unspecified atom stereocenters. The summed E-state index contributed by atoms with van der Waals surface area (Å²) >= 11 is 0. The maximum Gasteiger partial charge on any atom is 0.0954 e. The normalized spacial score (nSPS) is 11.5. The summed E-state index contributed by atoms with van der Waals surface area (Å²) < 4.78 is 0. The fraction of sp³-hybridized carbons (Fsp3) is 0.348. The minimum atomic E-state index is -0.148. The van der Waals surface area contributed by atoms with Crippen molar-refractivity contribution in [2.45, 2.75) is 32.9 Å². The average molecular weight is 377 g/mol. The third-order valence-electron chi connectivity index (χ3n) is 4.54. The van der Waals surface area contributed by atoms with E-state index in [9.17, 15) is 5.11 Å². The van der Waals surface area contributed by atoms with Gasteiger partial charge >= 0.3 is 0 Å². The lowest BCUT2D eigenvalue weighted by Gasteiger charge is -2.30. The molecule has 0 spiro atoms. The second-order valence-electron chi connectivity index (χ2n) is 7.32. The van der Waals surface area contributed by atoms with Crippen LogP contribution in [-0.2, 0) is 13.0 Å². The molecule has 1 N–H and O–H groups in total. The Morgan fingerprint density at radius 1 is 0.857 bits per heavy atom. The van der Waals surface area contributed by atoms with Gasteiger partial charge in [-0.2, -0.15) is 0 Å². The summed E-state index contributed by atoms with van der Waals surface area (Å²) in [5.74, 6) is 0.561. The van der Waals surface area contributed by atoms with Gasteiger partial charge in [-0.05, 0) is 48.7 Å². The maximum atomic E-state index is 9.73. The van der Waals surface area contributed by atoms with Crippen LogP contribution in [0.25, 0.3) is 0 Å². The highest BCUT2D eigenvalue weighted by Crippen LogP contribution is 2.27. The Balaban J connectivity index is 1.93. The molecular formula is C23H28N4O. The topological polar surface area (TPSA) is 62.1 Å². The van der Waals surface area contributed by atoms with Gasteiger partial charge in [-0.15, -0.1) is 0 Å². The van der Waals surface area contributed by atoms with Crippen molar-refractivity contribution in [3.63, 3.8) is 0 Å². The quantitative estimate of drug-likeness (QED) is 0.618. The molecule has 0 aliphatic rings. The fourth-order valence-corrected chi connectivity index (χ4v) is 3.39. The van der Waals surface area contributed by atoms with Crippen LogP contribution in [0.1, 0.15) is 42.7 Å². The van der Waals surface area contributed by atoms with Gasteiger partial charge in [0.05, 0.1) is 29.7 Å². The molecule has 3 aromatic heterocycles. The van der Waals surface area contributed by atoms with Gasteiger partial charge in [0.1, 0.15) is 0 Å². The van der Waals surface area contributed by atoms with Gasteiger partial charge in [0.15, 0.2) is 0 Å². The predicted octanol–water partition coefficient (Wildman–Crippen LogP) is 3.65. The third-order valence-corrected chi connectivity index (χ3v) is 4.54. The Labute approximate surface area is 167 Å². The summed E-state index contributed by atoms with van der Waals surface area (Å²) in [5, 5.41) is 9.73. The van der Waals surface area contributed by atoms with Gasteiger partial charge in [-0.1, -0.05) is 32.0 Å². The number of aliphatic hydroxyl groups is 1. The first-order valence-electron chi connectivity index (χ1n) is 9.79. The van der Waals surface area contributed by atoms with Crippen molar-refractivity contribution in [3.05, 3.63) is 89.8 Å². The van der Waals surface area contributed by atoms with Crippen LogP contribution in [0.3, 0.4) is 0 Å². The molecule has 28 heavy (non-hydrogen) atoms. The molecule has 0 fully saturated rings. The highest BCUT2D eigenvalue weighted by molar-refractivity contribution is 5.23. The third kappa shape index (κ3) is 5.44. The molecule has 146 valence electrons. The lowest BCUT2D eigenvalue weighted by atomic mass is 10.1. The van der Waals surface area contributed by atoms with E-state index >= 15 is 0 Å². The first-order valence-corrected chi connectivity index (χ1v) is 9.79. The van der Waals surface area contributed by atoms with E-state index in [0.717, 1.165) is 29.2 Å². The lowest BCUT2D eigenvalue weighted by Crippen LogP contribution is -2.33. The molecule has 0 aromatic carbocycles. The molecule has 3 heterocycles. The molecule has 0 atom stereocenters. The van der Waals surface area contributed by atoms with Crippen LogP contribution in [0.4, 0.5) is 0 Å². The highest BCUT2D eigenvalue weighted by Gasteiger charge is 2.25. The van der Waals surface area contributed by atoms with E-state index in [1.54, 1.807) is 12.4 Å². The van der Waals surface area contributed by atoms with Crippen molar-refractivity contribution < 1.29 is 5.11 Å². The molecule has 0 aliphatic carbocycles. The molecule has 5 heteroatoms. The number of pyridine rings is 3. The zero-order valence-electron chi connectivity index (χ0n) is 16.6. The van der Waals surface area contributed by atoms with Crippen LogP contribution >= 0.6 is 0 Å². The lowest BCUT2D eigenvalue weighted by molar-refractivity contribution is 0.155. The van der Waals surface area contributed by atoms with Crippen LogP contribution < -0.4 is 0 Å². The molecule has 0 bridgehead atoms. The van der Waals surface area contributed by atoms with Crippen LogP contribution in [0.2, 0.25) is 0 Å². The van der Waals surface area contributed by atoms with Gasteiger partial charge < -0.3 is 5.11 Å². The van der Waals surface area contributed by atoms with Crippen molar-refractivity contribution in [1.82, 2.24) is 19.9 Å². The smallest absolute Gasteiger partial charge is 0.0954 e. The standard InChI is InChI=1S/C23H28N4O/c1-18(2)16-19-8-7-9-20(26-19)17-27(14-15-28)23(21-10-3-5-12-24-21)22-11-4-6-13-25-22/h3-13,18,23,28H,14-17H2,1-2H3. The fourth-order valence-electron chi connectivity index (χ4n) is 3.39. The number of nitrogens with zero attached hydrogens (tertiary/aromatic N) is 4. The average Bonchev–Trinajstić information content (AvgIpc) is 2.70. The summed E-state index contributed by atoms with van der Waals surface area (Å²) in [6.07, 6.45) is 4.55. The Bertz CT molecular complexity index is 800. The minimum absolute atomic E-state index is 0.0574. The predicted molar refractivity (Wildman–Crippen MR) is 111 cm³/mol. The minimum Gasteiger partial charge on any atom is -0.395 e. The maximum absolute atomic E-state index is 9.73. The summed E-state index contributed by atoms with van der Waals surface area (Å²) in [6, 6.07) is 17.8. The van der Waals surface area contributed by atoms with E-state index in [4.69, 9.17) is 4.98 Å². The van der Waals surface area contributed by atoms with E-state index < -0.39 is 0 Å². The number of hydrogen-bond acceptors (Lipinski definition) is 5. The van der Waals surface area contributed by atoms with Crippen molar-refractivity contribution in [3.8, 4) is 0 Å². The zero-order chi connectivity index (χ0) is 19.8. The molecule has 0 saturated heterocycles. The Hall–Kier alpha value is -2.63. The number of rotatable bonds is 9. The van der Waals surface area contributed by atoms with Gasteiger partial charge in [0, 0.05) is 31.2 Å². The number of aromatic nitrogens is 3. The molecule has 0 saturated carbocycles. The SMILES string of the molecule is CC(C)Cc1cccc(CN(CCO)C(c2ccccn2)c2ccccn2)n1. The molecule has 0 radical (unpaired) electrons.